The second-order valence-corrected chi connectivity index (χ2v) is 4.38. The van der Waals surface area contributed by atoms with E-state index in [9.17, 15) is 23.1 Å². The number of nitrogens with zero attached hydrogens (tertiary/aromatic N) is 2. The second-order valence-electron chi connectivity index (χ2n) is 3.94. The molecule has 0 bridgehead atoms. The standard InChI is InChI=1S/C12H8ClF3N2O2.Li/c13-7-1-3-8(4-2-7)18-10(5-12(14,15)16)17-9(6-19)11(18)20;/h1-4,6,19H,5H2;/q;+1/p-1/b9-6+;. The summed E-state index contributed by atoms with van der Waals surface area (Å²) in [6.45, 7) is 0. The summed E-state index contributed by atoms with van der Waals surface area (Å²) in [5.41, 5.74) is -0.390. The minimum Gasteiger partial charge on any atom is -0.876 e. The van der Waals surface area contributed by atoms with Crippen LogP contribution in [0.25, 0.3) is 0 Å². The summed E-state index contributed by atoms with van der Waals surface area (Å²) in [6.07, 6.45) is -5.81. The van der Waals surface area contributed by atoms with Crippen LogP contribution >= 0.6 is 11.6 Å². The SMILES string of the molecule is O=C1/C(=C\[O-])N=C(CC(F)(F)F)N1c1ccc(Cl)cc1.[Li+]. The van der Waals surface area contributed by atoms with Gasteiger partial charge in [-0.3, -0.25) is 9.69 Å². The molecule has 0 aliphatic carbocycles. The van der Waals surface area contributed by atoms with Crippen LogP contribution in [-0.4, -0.2) is 17.9 Å². The Morgan fingerprint density at radius 1 is 1.29 bits per heavy atom. The van der Waals surface area contributed by atoms with Gasteiger partial charge in [0.25, 0.3) is 5.91 Å². The van der Waals surface area contributed by atoms with Crippen LogP contribution < -0.4 is 28.9 Å². The van der Waals surface area contributed by atoms with Crippen LogP contribution in [0.5, 0.6) is 0 Å². The van der Waals surface area contributed by atoms with E-state index in [4.69, 9.17) is 11.6 Å². The maximum atomic E-state index is 12.5. The summed E-state index contributed by atoms with van der Waals surface area (Å²) in [5, 5.41) is 11.0. The number of carbonyl (C=O) groups excluding carboxylic acids is 1. The first kappa shape index (κ1) is 17.6. The van der Waals surface area contributed by atoms with E-state index in [-0.39, 0.29) is 30.8 Å². The number of halogens is 4. The first-order chi connectivity index (χ1) is 9.31. The van der Waals surface area contributed by atoms with E-state index in [1.165, 1.54) is 24.3 Å². The van der Waals surface area contributed by atoms with Crippen LogP contribution in [0, 0.1) is 0 Å². The van der Waals surface area contributed by atoms with E-state index in [0.717, 1.165) is 4.90 Å². The summed E-state index contributed by atoms with van der Waals surface area (Å²) >= 11 is 5.68. The van der Waals surface area contributed by atoms with Crippen molar-refractivity contribution in [2.45, 2.75) is 12.6 Å². The van der Waals surface area contributed by atoms with Gasteiger partial charge in [-0.15, -0.1) is 6.26 Å². The van der Waals surface area contributed by atoms with E-state index >= 15 is 0 Å². The molecule has 106 valence electrons. The van der Waals surface area contributed by atoms with Crippen molar-refractivity contribution in [2.24, 2.45) is 4.99 Å². The molecular formula is C12H7ClF3LiN2O2. The Hall–Kier alpha value is -1.42. The third kappa shape index (κ3) is 4.03. The predicted molar refractivity (Wildman–Crippen MR) is 65.1 cm³/mol. The summed E-state index contributed by atoms with van der Waals surface area (Å²) in [7, 11) is 0. The quantitative estimate of drug-likeness (QED) is 0.410. The topological polar surface area (TPSA) is 55.7 Å². The largest absolute Gasteiger partial charge is 1.00 e. The van der Waals surface area contributed by atoms with Crippen molar-refractivity contribution < 1.29 is 41.9 Å². The summed E-state index contributed by atoms with van der Waals surface area (Å²) in [6, 6.07) is 5.60. The van der Waals surface area contributed by atoms with Gasteiger partial charge in [-0.1, -0.05) is 11.6 Å². The van der Waals surface area contributed by atoms with Crippen LogP contribution in [0.4, 0.5) is 18.9 Å². The van der Waals surface area contributed by atoms with E-state index in [0.29, 0.717) is 5.02 Å². The number of alkyl halides is 3. The number of amidine groups is 1. The molecule has 0 unspecified atom stereocenters. The first-order valence-corrected chi connectivity index (χ1v) is 5.76. The van der Waals surface area contributed by atoms with Crippen LogP contribution in [0.1, 0.15) is 6.42 Å². The maximum Gasteiger partial charge on any atom is 1.00 e. The van der Waals surface area contributed by atoms with Crippen LogP contribution in [0.2, 0.25) is 5.02 Å². The Kier molecular flexibility index (Phi) is 5.51. The molecule has 1 aliphatic heterocycles. The van der Waals surface area contributed by atoms with E-state index in [2.05, 4.69) is 4.99 Å². The molecule has 2 rings (SSSR count). The van der Waals surface area contributed by atoms with Gasteiger partial charge in [0.05, 0.1) is 5.69 Å². The Bertz CT molecular complexity index is 600. The number of anilines is 1. The number of rotatable bonds is 2. The molecule has 21 heavy (non-hydrogen) atoms. The fourth-order valence-corrected chi connectivity index (χ4v) is 1.83. The Morgan fingerprint density at radius 3 is 2.33 bits per heavy atom. The normalized spacial score (nSPS) is 17.0. The number of amides is 1. The molecule has 0 saturated heterocycles. The number of carbonyl (C=O) groups is 1. The van der Waals surface area contributed by atoms with Crippen molar-refractivity contribution in [1.82, 2.24) is 0 Å². The van der Waals surface area contributed by atoms with E-state index < -0.39 is 30.0 Å². The zero-order valence-electron chi connectivity index (χ0n) is 10.8. The van der Waals surface area contributed by atoms with Gasteiger partial charge in [-0.25, -0.2) is 4.99 Å². The van der Waals surface area contributed by atoms with Gasteiger partial charge in [-0.05, 0) is 24.3 Å². The van der Waals surface area contributed by atoms with Crippen molar-refractivity contribution in [3.8, 4) is 0 Å². The predicted octanol–water partition coefficient (Wildman–Crippen LogP) is -0.757. The molecule has 9 heteroatoms. The molecule has 0 N–H and O–H groups in total. The van der Waals surface area contributed by atoms with E-state index in [1.54, 1.807) is 0 Å². The summed E-state index contributed by atoms with van der Waals surface area (Å²) in [4.78, 5) is 16.1. The van der Waals surface area contributed by atoms with Gasteiger partial charge in [0.2, 0.25) is 0 Å². The van der Waals surface area contributed by atoms with Crippen molar-refractivity contribution in [2.75, 3.05) is 4.90 Å². The van der Waals surface area contributed by atoms with Gasteiger partial charge < -0.3 is 5.11 Å². The van der Waals surface area contributed by atoms with Gasteiger partial charge in [-0.2, -0.15) is 13.2 Å². The van der Waals surface area contributed by atoms with Crippen molar-refractivity contribution >= 4 is 29.0 Å². The first-order valence-electron chi connectivity index (χ1n) is 5.38. The number of hydrogen-bond acceptors (Lipinski definition) is 3. The van der Waals surface area contributed by atoms with Gasteiger partial charge >= 0.3 is 25.0 Å². The molecule has 1 aromatic carbocycles. The van der Waals surface area contributed by atoms with Crippen molar-refractivity contribution in [3.05, 3.63) is 41.2 Å². The summed E-state index contributed by atoms with van der Waals surface area (Å²) in [5.74, 6) is -1.42. The molecule has 0 fully saturated rings. The number of hydrogen-bond donors (Lipinski definition) is 0. The third-order valence-corrected chi connectivity index (χ3v) is 2.74. The molecular weight excluding hydrogens is 304 g/mol. The molecule has 1 aliphatic rings. The molecule has 1 amide bonds. The zero-order chi connectivity index (χ0) is 14.9. The third-order valence-electron chi connectivity index (χ3n) is 2.48. The Morgan fingerprint density at radius 2 is 1.86 bits per heavy atom. The molecule has 0 spiro atoms. The van der Waals surface area contributed by atoms with Gasteiger partial charge in [0.1, 0.15) is 18.0 Å². The monoisotopic (exact) mass is 310 g/mol. The zero-order valence-corrected chi connectivity index (χ0v) is 11.6. The molecule has 0 radical (unpaired) electrons. The molecule has 0 saturated carbocycles. The Labute approximate surface area is 135 Å². The fraction of sp³-hybridized carbons (Fsp3) is 0.167. The second kappa shape index (κ2) is 6.56. The molecule has 1 heterocycles. The minimum absolute atomic E-state index is 0. The fourth-order valence-electron chi connectivity index (χ4n) is 1.70. The molecule has 0 atom stereocenters. The number of benzene rings is 1. The maximum absolute atomic E-state index is 12.5. The van der Waals surface area contributed by atoms with Crippen molar-refractivity contribution in [1.29, 1.82) is 0 Å². The summed E-state index contributed by atoms with van der Waals surface area (Å²) < 4.78 is 37.4. The van der Waals surface area contributed by atoms with Crippen molar-refractivity contribution in [3.63, 3.8) is 0 Å². The van der Waals surface area contributed by atoms with Crippen LogP contribution in [0.3, 0.4) is 0 Å². The minimum atomic E-state index is -4.54. The van der Waals surface area contributed by atoms with Gasteiger partial charge in [0.15, 0.2) is 0 Å². The van der Waals surface area contributed by atoms with Crippen LogP contribution in [0.15, 0.2) is 41.2 Å². The van der Waals surface area contributed by atoms with Gasteiger partial charge in [0, 0.05) is 5.02 Å². The molecule has 4 nitrogen and oxygen atoms in total. The molecule has 1 aromatic rings. The van der Waals surface area contributed by atoms with Crippen LogP contribution in [-0.2, 0) is 4.79 Å². The number of aliphatic imine (C=N–C) groups is 1. The molecule has 0 aromatic heterocycles. The smallest absolute Gasteiger partial charge is 0.876 e. The van der Waals surface area contributed by atoms with E-state index in [1.807, 2.05) is 0 Å². The Balaban J connectivity index is 0.00000220. The average Bonchev–Trinajstić information content (AvgIpc) is 2.65. The average molecular weight is 311 g/mol.